The number of benzene rings is 1. The first-order valence-corrected chi connectivity index (χ1v) is 10.2. The van der Waals surface area contributed by atoms with Crippen molar-refractivity contribution in [2.45, 2.75) is 32.5 Å². The van der Waals surface area contributed by atoms with Crippen LogP contribution in [0.25, 0.3) is 0 Å². The van der Waals surface area contributed by atoms with Gasteiger partial charge < -0.3 is 19.7 Å². The van der Waals surface area contributed by atoms with Crippen molar-refractivity contribution in [2.75, 3.05) is 52.5 Å². The van der Waals surface area contributed by atoms with Crippen molar-refractivity contribution in [1.82, 2.24) is 15.1 Å². The van der Waals surface area contributed by atoms with Crippen LogP contribution in [0.5, 0.6) is 0 Å². The van der Waals surface area contributed by atoms with Crippen molar-refractivity contribution in [2.24, 2.45) is 10.4 Å². The normalized spacial score (nSPS) is 27.9. The number of nitrogens with one attached hydrogen (secondary N) is 1. The van der Waals surface area contributed by atoms with Gasteiger partial charge in [-0.15, -0.1) is 0 Å². The van der Waals surface area contributed by atoms with Gasteiger partial charge in [-0.1, -0.05) is 37.3 Å². The van der Waals surface area contributed by atoms with Gasteiger partial charge in [0.05, 0.1) is 38.5 Å². The quantitative estimate of drug-likeness (QED) is 0.628. The number of rotatable bonds is 5. The predicted octanol–water partition coefficient (Wildman–Crippen LogP) is 1.57. The summed E-state index contributed by atoms with van der Waals surface area (Å²) < 4.78 is 11.5. The van der Waals surface area contributed by atoms with Gasteiger partial charge in [-0.2, -0.15) is 0 Å². The van der Waals surface area contributed by atoms with Crippen LogP contribution < -0.4 is 5.32 Å². The second-order valence-electron chi connectivity index (χ2n) is 8.31. The Bertz CT molecular complexity index is 647. The number of morpholine rings is 1. The largest absolute Gasteiger partial charge is 0.380 e. The molecule has 3 aliphatic heterocycles. The summed E-state index contributed by atoms with van der Waals surface area (Å²) in [5, 5.41) is 3.48. The Labute approximate surface area is 162 Å². The van der Waals surface area contributed by atoms with E-state index in [4.69, 9.17) is 14.5 Å². The predicted molar refractivity (Wildman–Crippen MR) is 107 cm³/mol. The minimum absolute atomic E-state index is 0.197. The number of guanidine groups is 1. The first-order valence-electron chi connectivity index (χ1n) is 10.2. The highest BCUT2D eigenvalue weighted by molar-refractivity contribution is 5.80. The van der Waals surface area contributed by atoms with Crippen molar-refractivity contribution in [3.63, 3.8) is 0 Å². The van der Waals surface area contributed by atoms with E-state index in [1.165, 1.54) is 5.56 Å². The van der Waals surface area contributed by atoms with Crippen LogP contribution in [0.1, 0.15) is 19.4 Å². The third kappa shape index (κ3) is 4.28. The summed E-state index contributed by atoms with van der Waals surface area (Å²) in [5.41, 5.74) is 1.57. The van der Waals surface area contributed by atoms with E-state index in [1.54, 1.807) is 0 Å². The van der Waals surface area contributed by atoms with Crippen LogP contribution in [-0.4, -0.2) is 80.4 Å². The van der Waals surface area contributed by atoms with Crippen molar-refractivity contribution in [3.8, 4) is 0 Å². The monoisotopic (exact) mass is 372 g/mol. The highest BCUT2D eigenvalue weighted by atomic mass is 16.5. The molecule has 3 fully saturated rings. The first-order chi connectivity index (χ1) is 13.2. The average molecular weight is 373 g/mol. The molecule has 2 atom stereocenters. The number of aliphatic imine (C=N–C) groups is 1. The van der Waals surface area contributed by atoms with E-state index in [-0.39, 0.29) is 11.5 Å². The summed E-state index contributed by atoms with van der Waals surface area (Å²) in [6, 6.07) is 11.2. The van der Waals surface area contributed by atoms with Gasteiger partial charge in [0.15, 0.2) is 5.96 Å². The summed E-state index contributed by atoms with van der Waals surface area (Å²) in [7, 11) is 0. The molecule has 0 amide bonds. The van der Waals surface area contributed by atoms with E-state index in [0.29, 0.717) is 6.04 Å². The molecule has 6 heteroatoms. The molecule has 0 bridgehead atoms. The Balaban J connectivity index is 1.43. The zero-order valence-electron chi connectivity index (χ0n) is 16.6. The standard InChI is InChI=1S/C21H32N4O2/c1-3-22-20(23-14-21(2)15-26-16-21)25-12-18-19(13-25)27-10-9-24(18)11-17-7-5-4-6-8-17/h4-8,18-19H,3,9-16H2,1-2H3,(H,22,23). The van der Waals surface area contributed by atoms with Gasteiger partial charge in [0, 0.05) is 38.1 Å². The van der Waals surface area contributed by atoms with Gasteiger partial charge in [0.1, 0.15) is 0 Å². The van der Waals surface area contributed by atoms with Crippen molar-refractivity contribution >= 4 is 5.96 Å². The van der Waals surface area contributed by atoms with E-state index in [1.807, 2.05) is 0 Å². The Morgan fingerprint density at radius 2 is 2.07 bits per heavy atom. The topological polar surface area (TPSA) is 49.3 Å². The molecule has 0 radical (unpaired) electrons. The lowest BCUT2D eigenvalue weighted by atomic mass is 9.89. The number of hydrogen-bond acceptors (Lipinski definition) is 4. The molecule has 27 heavy (non-hydrogen) atoms. The molecule has 6 nitrogen and oxygen atoms in total. The van der Waals surface area contributed by atoms with Crippen LogP contribution in [0.15, 0.2) is 35.3 Å². The number of likely N-dealkylation sites (tertiary alicyclic amines) is 1. The highest BCUT2D eigenvalue weighted by Crippen LogP contribution is 2.28. The second-order valence-corrected chi connectivity index (χ2v) is 8.31. The van der Waals surface area contributed by atoms with Crippen LogP contribution in [-0.2, 0) is 16.0 Å². The van der Waals surface area contributed by atoms with E-state index in [0.717, 1.165) is 65.0 Å². The molecule has 1 N–H and O–H groups in total. The molecule has 1 aromatic rings. The van der Waals surface area contributed by atoms with E-state index >= 15 is 0 Å². The Hall–Kier alpha value is -1.63. The summed E-state index contributed by atoms with van der Waals surface area (Å²) in [4.78, 5) is 9.89. The number of ether oxygens (including phenoxy) is 2. The number of nitrogens with zero attached hydrogens (tertiary/aromatic N) is 3. The summed E-state index contributed by atoms with van der Waals surface area (Å²) >= 11 is 0. The maximum absolute atomic E-state index is 6.12. The van der Waals surface area contributed by atoms with E-state index in [9.17, 15) is 0 Å². The van der Waals surface area contributed by atoms with Crippen LogP contribution >= 0.6 is 0 Å². The van der Waals surface area contributed by atoms with Gasteiger partial charge in [-0.25, -0.2) is 0 Å². The van der Waals surface area contributed by atoms with Gasteiger partial charge in [-0.05, 0) is 12.5 Å². The highest BCUT2D eigenvalue weighted by Gasteiger charge is 2.41. The summed E-state index contributed by atoms with van der Waals surface area (Å²) in [6.45, 7) is 12.4. The molecule has 3 aliphatic rings. The van der Waals surface area contributed by atoms with Crippen molar-refractivity contribution in [3.05, 3.63) is 35.9 Å². The fourth-order valence-electron chi connectivity index (χ4n) is 4.18. The Kier molecular flexibility index (Phi) is 5.66. The lowest BCUT2D eigenvalue weighted by molar-refractivity contribution is -0.0946. The van der Waals surface area contributed by atoms with Gasteiger partial charge in [-0.3, -0.25) is 9.89 Å². The molecular formula is C21H32N4O2. The van der Waals surface area contributed by atoms with Crippen LogP contribution in [0, 0.1) is 5.41 Å². The van der Waals surface area contributed by atoms with Crippen LogP contribution in [0.2, 0.25) is 0 Å². The zero-order chi connectivity index (χ0) is 18.7. The molecule has 4 rings (SSSR count). The lowest BCUT2D eigenvalue weighted by Gasteiger charge is -2.37. The first kappa shape index (κ1) is 18.7. The molecule has 1 aromatic carbocycles. The molecule has 0 spiro atoms. The molecule has 3 saturated heterocycles. The van der Waals surface area contributed by atoms with E-state index < -0.39 is 0 Å². The molecule has 2 unspecified atom stereocenters. The molecule has 0 aromatic heterocycles. The van der Waals surface area contributed by atoms with Crippen molar-refractivity contribution in [1.29, 1.82) is 0 Å². The van der Waals surface area contributed by atoms with E-state index in [2.05, 4.69) is 59.3 Å². The summed E-state index contributed by atoms with van der Waals surface area (Å²) in [5.74, 6) is 1.02. The smallest absolute Gasteiger partial charge is 0.194 e. The second kappa shape index (κ2) is 8.17. The molecule has 3 heterocycles. The lowest BCUT2D eigenvalue weighted by Crippen LogP contribution is -2.50. The SMILES string of the molecule is CCNC(=NCC1(C)COC1)N1CC2OCCN(Cc3ccccc3)C2C1. The Morgan fingerprint density at radius 3 is 2.78 bits per heavy atom. The fraction of sp³-hybridized carbons (Fsp3) is 0.667. The maximum Gasteiger partial charge on any atom is 0.194 e. The average Bonchev–Trinajstić information content (AvgIpc) is 3.09. The van der Waals surface area contributed by atoms with Crippen LogP contribution in [0.3, 0.4) is 0 Å². The minimum atomic E-state index is 0.197. The Morgan fingerprint density at radius 1 is 1.26 bits per heavy atom. The fourth-order valence-corrected chi connectivity index (χ4v) is 4.18. The molecule has 148 valence electrons. The number of hydrogen-bond donors (Lipinski definition) is 1. The number of fused-ring (bicyclic) bond motifs is 1. The molecule has 0 aliphatic carbocycles. The molecule has 0 saturated carbocycles. The van der Waals surface area contributed by atoms with Crippen LogP contribution in [0.4, 0.5) is 0 Å². The van der Waals surface area contributed by atoms with Gasteiger partial charge in [0.25, 0.3) is 0 Å². The third-order valence-electron chi connectivity index (χ3n) is 5.79. The summed E-state index contributed by atoms with van der Waals surface area (Å²) in [6.07, 6.45) is 0.258. The van der Waals surface area contributed by atoms with Gasteiger partial charge >= 0.3 is 0 Å². The van der Waals surface area contributed by atoms with Crippen molar-refractivity contribution < 1.29 is 9.47 Å². The third-order valence-corrected chi connectivity index (χ3v) is 5.79. The minimum Gasteiger partial charge on any atom is -0.380 e. The zero-order valence-corrected chi connectivity index (χ0v) is 16.6. The van der Waals surface area contributed by atoms with Gasteiger partial charge in [0.2, 0.25) is 0 Å². The molecular weight excluding hydrogens is 340 g/mol. The maximum atomic E-state index is 6.12.